The van der Waals surface area contributed by atoms with Gasteiger partial charge in [0.2, 0.25) is 5.91 Å². The highest BCUT2D eigenvalue weighted by atomic mass is 35.5. The molecule has 0 aliphatic carbocycles. The topological polar surface area (TPSA) is 90.8 Å². The quantitative estimate of drug-likeness (QED) is 0.479. The first-order valence-electron chi connectivity index (χ1n) is 10.1. The summed E-state index contributed by atoms with van der Waals surface area (Å²) in [5.41, 5.74) is 2.84. The third kappa shape index (κ3) is 4.72. The van der Waals surface area contributed by atoms with Gasteiger partial charge in [0, 0.05) is 52.7 Å². The summed E-state index contributed by atoms with van der Waals surface area (Å²) in [6, 6.07) is 16.2. The summed E-state index contributed by atoms with van der Waals surface area (Å²) in [5.74, 6) is -1.66. The molecule has 2 heterocycles. The van der Waals surface area contributed by atoms with Gasteiger partial charge in [-0.15, -0.1) is 0 Å². The number of hydrogen-bond donors (Lipinski definition) is 3. The number of pyridine rings is 1. The second-order valence-electron chi connectivity index (χ2n) is 7.56. The molecule has 1 amide bonds. The lowest BCUT2D eigenvalue weighted by molar-refractivity contribution is -0.912. The van der Waals surface area contributed by atoms with Gasteiger partial charge in [0.25, 0.3) is 0 Å². The Bertz CT molecular complexity index is 1120. The third-order valence-corrected chi connectivity index (χ3v) is 5.77. The number of hydroxylamine groups is 2. The summed E-state index contributed by atoms with van der Waals surface area (Å²) in [6.07, 6.45) is 2.92. The van der Waals surface area contributed by atoms with Crippen LogP contribution in [0.5, 0.6) is 0 Å². The van der Waals surface area contributed by atoms with Crippen LogP contribution in [0.3, 0.4) is 0 Å². The van der Waals surface area contributed by atoms with Crippen molar-refractivity contribution in [1.29, 1.82) is 0 Å². The van der Waals surface area contributed by atoms with Crippen molar-refractivity contribution in [2.45, 2.75) is 18.9 Å². The number of ether oxygens (including phenoxy) is 1. The van der Waals surface area contributed by atoms with E-state index < -0.39 is 12.0 Å². The first kappa shape index (κ1) is 22.5. The average Bonchev–Trinajstić information content (AvgIpc) is 3.09. The first-order chi connectivity index (χ1) is 15.4. The van der Waals surface area contributed by atoms with Crippen molar-refractivity contribution in [2.75, 3.05) is 18.4 Å². The maximum atomic E-state index is 13.3. The Morgan fingerprint density at radius 2 is 2.09 bits per heavy atom. The van der Waals surface area contributed by atoms with Gasteiger partial charge >= 0.3 is 5.85 Å². The van der Waals surface area contributed by atoms with Crippen LogP contribution >= 0.6 is 23.2 Å². The molecule has 0 radical (unpaired) electrons. The first-order valence-corrected chi connectivity index (χ1v) is 10.8. The van der Waals surface area contributed by atoms with Crippen molar-refractivity contribution in [2.24, 2.45) is 0 Å². The molecule has 32 heavy (non-hydrogen) atoms. The minimum atomic E-state index is -1.47. The Labute approximate surface area is 195 Å². The molecule has 166 valence electrons. The molecule has 0 spiro atoms. The Morgan fingerprint density at radius 1 is 1.25 bits per heavy atom. The molecule has 1 aliphatic rings. The van der Waals surface area contributed by atoms with E-state index >= 15 is 0 Å². The van der Waals surface area contributed by atoms with Crippen LogP contribution < -0.4 is 15.7 Å². The lowest BCUT2D eigenvalue weighted by Crippen LogP contribution is -3.14. The van der Waals surface area contributed by atoms with Crippen LogP contribution in [0, 0.1) is 5.21 Å². The highest BCUT2D eigenvalue weighted by Crippen LogP contribution is 2.34. The van der Waals surface area contributed by atoms with Crippen molar-refractivity contribution in [3.8, 4) is 11.1 Å². The van der Waals surface area contributed by atoms with Crippen molar-refractivity contribution in [3.63, 3.8) is 0 Å². The summed E-state index contributed by atoms with van der Waals surface area (Å²) in [5, 5.41) is 20.1. The molecule has 0 saturated carbocycles. The molecule has 9 heteroatoms. The SMILES string of the molecule is CC(=O)NCC1C[NH+]([O-])C(Nc2cccc(Cl)c2)(c2ccc(-c3cccnc3)c(Cl)c2)O1. The second-order valence-corrected chi connectivity index (χ2v) is 8.40. The van der Waals surface area contributed by atoms with Crippen LogP contribution in [0.2, 0.25) is 10.0 Å². The van der Waals surface area contributed by atoms with E-state index in [0.717, 1.165) is 11.1 Å². The molecule has 3 atom stereocenters. The van der Waals surface area contributed by atoms with Crippen LogP contribution in [-0.4, -0.2) is 30.1 Å². The van der Waals surface area contributed by atoms with E-state index in [2.05, 4.69) is 15.6 Å². The molecular formula is C23H22Cl2N4O3. The molecule has 3 unspecified atom stereocenters. The van der Waals surface area contributed by atoms with E-state index in [1.165, 1.54) is 6.92 Å². The van der Waals surface area contributed by atoms with Gasteiger partial charge in [-0.1, -0.05) is 41.4 Å². The molecule has 0 bridgehead atoms. The number of carbonyl (C=O) groups excluding carboxylic acids is 1. The van der Waals surface area contributed by atoms with Gasteiger partial charge < -0.3 is 20.9 Å². The Hall–Kier alpha value is -2.68. The molecule has 1 aromatic heterocycles. The number of nitrogens with zero attached hydrogens (tertiary/aromatic N) is 1. The zero-order valence-corrected chi connectivity index (χ0v) is 18.8. The van der Waals surface area contributed by atoms with Crippen LogP contribution in [0.25, 0.3) is 11.1 Å². The van der Waals surface area contributed by atoms with E-state index in [1.54, 1.807) is 42.7 Å². The van der Waals surface area contributed by atoms with E-state index in [4.69, 9.17) is 27.9 Å². The smallest absolute Gasteiger partial charge is 0.311 e. The number of carbonyl (C=O) groups is 1. The van der Waals surface area contributed by atoms with Crippen LogP contribution in [0.4, 0.5) is 5.69 Å². The second kappa shape index (κ2) is 9.44. The van der Waals surface area contributed by atoms with Crippen LogP contribution in [0.15, 0.2) is 67.0 Å². The van der Waals surface area contributed by atoms with Gasteiger partial charge in [-0.05, 0) is 36.4 Å². The molecule has 3 N–H and O–H groups in total. The number of benzene rings is 2. The van der Waals surface area contributed by atoms with Crippen molar-refractivity contribution >= 4 is 34.8 Å². The molecule has 1 fully saturated rings. The van der Waals surface area contributed by atoms with Gasteiger partial charge in [0.05, 0.1) is 5.56 Å². The number of rotatable bonds is 6. The lowest BCUT2D eigenvalue weighted by atomic mass is 10.0. The summed E-state index contributed by atoms with van der Waals surface area (Å²) in [6.45, 7) is 1.78. The number of halogens is 2. The van der Waals surface area contributed by atoms with Gasteiger partial charge in [-0.2, -0.15) is 0 Å². The molecule has 1 saturated heterocycles. The minimum Gasteiger partial charge on any atom is -0.630 e. The average molecular weight is 473 g/mol. The van der Waals surface area contributed by atoms with Gasteiger partial charge in [0.1, 0.15) is 12.6 Å². The lowest BCUT2D eigenvalue weighted by Gasteiger charge is -2.37. The minimum absolute atomic E-state index is 0.135. The van der Waals surface area contributed by atoms with Crippen LogP contribution in [-0.2, 0) is 15.4 Å². The fraction of sp³-hybridized carbons (Fsp3) is 0.217. The van der Waals surface area contributed by atoms with E-state index in [0.29, 0.717) is 21.3 Å². The number of amides is 1. The Balaban J connectivity index is 1.72. The summed E-state index contributed by atoms with van der Waals surface area (Å²) < 4.78 is 6.25. The zero-order valence-electron chi connectivity index (χ0n) is 17.3. The number of hydrogen-bond acceptors (Lipinski definition) is 5. The summed E-state index contributed by atoms with van der Waals surface area (Å²) >= 11 is 12.8. The Kier molecular flexibility index (Phi) is 6.64. The predicted molar refractivity (Wildman–Crippen MR) is 124 cm³/mol. The van der Waals surface area contributed by atoms with E-state index in [1.807, 2.05) is 24.3 Å². The maximum absolute atomic E-state index is 13.3. The van der Waals surface area contributed by atoms with Crippen LogP contribution in [0.1, 0.15) is 12.5 Å². The molecule has 4 rings (SSSR count). The molecule has 3 aromatic rings. The highest BCUT2D eigenvalue weighted by Gasteiger charge is 2.50. The van der Waals surface area contributed by atoms with Crippen molar-refractivity contribution in [1.82, 2.24) is 10.3 Å². The fourth-order valence-corrected chi connectivity index (χ4v) is 4.22. The number of quaternary nitrogens is 1. The number of anilines is 1. The predicted octanol–water partition coefficient (Wildman–Crippen LogP) is 3.20. The molecule has 2 aromatic carbocycles. The normalized spacial score (nSPS) is 22.5. The van der Waals surface area contributed by atoms with Crippen molar-refractivity contribution < 1.29 is 14.6 Å². The van der Waals surface area contributed by atoms with Crippen molar-refractivity contribution in [3.05, 3.63) is 87.8 Å². The maximum Gasteiger partial charge on any atom is 0.311 e. The van der Waals surface area contributed by atoms with Gasteiger partial charge in [0.15, 0.2) is 0 Å². The fourth-order valence-electron chi connectivity index (χ4n) is 3.74. The summed E-state index contributed by atoms with van der Waals surface area (Å²) in [7, 11) is 0. The zero-order chi connectivity index (χ0) is 22.7. The summed E-state index contributed by atoms with van der Waals surface area (Å²) in [4.78, 5) is 15.5. The molecule has 7 nitrogen and oxygen atoms in total. The Morgan fingerprint density at radius 3 is 2.78 bits per heavy atom. The monoisotopic (exact) mass is 472 g/mol. The van der Waals surface area contributed by atoms with Gasteiger partial charge in [-0.3, -0.25) is 14.5 Å². The van der Waals surface area contributed by atoms with E-state index in [-0.39, 0.29) is 24.1 Å². The molecule has 1 aliphatic heterocycles. The molecular weight excluding hydrogens is 451 g/mol. The standard InChI is InChI=1S/C23H22Cl2N4O3/c1-15(30)27-13-20-14-29(31)23(32-20,28-19-6-2-5-18(24)11-19)17-7-8-21(22(25)10-17)16-4-3-9-26-12-16/h2-12,20,28-29H,13-14H2,1H3,(H,27,30). The number of aromatic nitrogens is 1. The highest BCUT2D eigenvalue weighted by molar-refractivity contribution is 6.33. The van der Waals surface area contributed by atoms with Gasteiger partial charge in [-0.25, -0.2) is 0 Å². The van der Waals surface area contributed by atoms with E-state index in [9.17, 15) is 10.0 Å². The third-order valence-electron chi connectivity index (χ3n) is 5.22. The largest absolute Gasteiger partial charge is 0.630 e. The number of nitrogens with one attached hydrogen (secondary N) is 3.